The fraction of sp³-hybridized carbons (Fsp3) is 0.923. The summed E-state index contributed by atoms with van der Waals surface area (Å²) in [6, 6.07) is 0. The van der Waals surface area contributed by atoms with Crippen LogP contribution in [0.5, 0.6) is 0 Å². The Bertz CT molecular complexity index is 338. The highest BCUT2D eigenvalue weighted by atomic mass is 16.7. The third-order valence-corrected chi connectivity index (χ3v) is 5.02. The SMILES string of the molecule is COC(=O)C1(C(C)C)OC12CC1CCC2C1. The van der Waals surface area contributed by atoms with Crippen molar-refractivity contribution >= 4 is 5.97 Å². The Morgan fingerprint density at radius 1 is 1.44 bits per heavy atom. The van der Waals surface area contributed by atoms with E-state index in [0.717, 1.165) is 12.3 Å². The van der Waals surface area contributed by atoms with Gasteiger partial charge in [0.1, 0.15) is 5.60 Å². The Hall–Kier alpha value is -0.570. The number of carbonyl (C=O) groups excluding carboxylic acids is 1. The number of ether oxygens (including phenoxy) is 2. The van der Waals surface area contributed by atoms with Gasteiger partial charge in [0.15, 0.2) is 5.60 Å². The molecule has 4 atom stereocenters. The van der Waals surface area contributed by atoms with Gasteiger partial charge in [-0.05, 0) is 43.4 Å². The zero-order chi connectivity index (χ0) is 11.6. The lowest BCUT2D eigenvalue weighted by Crippen LogP contribution is -2.42. The molecule has 4 unspecified atom stereocenters. The molecule has 0 radical (unpaired) electrons. The molecule has 90 valence electrons. The topological polar surface area (TPSA) is 38.8 Å². The van der Waals surface area contributed by atoms with Gasteiger partial charge in [0.05, 0.1) is 7.11 Å². The maximum Gasteiger partial charge on any atom is 0.341 e. The van der Waals surface area contributed by atoms with Crippen LogP contribution in [0.1, 0.15) is 39.5 Å². The molecule has 3 aliphatic rings. The van der Waals surface area contributed by atoms with Gasteiger partial charge in [-0.2, -0.15) is 0 Å². The van der Waals surface area contributed by atoms with Gasteiger partial charge < -0.3 is 9.47 Å². The van der Waals surface area contributed by atoms with Gasteiger partial charge in [-0.3, -0.25) is 0 Å². The van der Waals surface area contributed by atoms with Crippen molar-refractivity contribution in [3.05, 3.63) is 0 Å². The van der Waals surface area contributed by atoms with E-state index in [1.54, 1.807) is 0 Å². The average Bonchev–Trinajstić information content (AvgIpc) is 2.61. The highest BCUT2D eigenvalue weighted by Gasteiger charge is 2.81. The normalized spacial score (nSPS) is 49.0. The van der Waals surface area contributed by atoms with E-state index in [4.69, 9.17) is 9.47 Å². The maximum atomic E-state index is 12.0. The average molecular weight is 224 g/mol. The van der Waals surface area contributed by atoms with E-state index in [0.29, 0.717) is 5.92 Å². The fourth-order valence-corrected chi connectivity index (χ4v) is 4.33. The van der Waals surface area contributed by atoms with Crippen LogP contribution in [0.15, 0.2) is 0 Å². The van der Waals surface area contributed by atoms with Crippen LogP contribution in [0.2, 0.25) is 0 Å². The van der Waals surface area contributed by atoms with Crippen LogP contribution in [-0.2, 0) is 14.3 Å². The van der Waals surface area contributed by atoms with E-state index in [9.17, 15) is 4.79 Å². The minimum absolute atomic E-state index is 0.156. The molecule has 1 aliphatic heterocycles. The van der Waals surface area contributed by atoms with Crippen LogP contribution in [-0.4, -0.2) is 24.3 Å². The highest BCUT2D eigenvalue weighted by Crippen LogP contribution is 2.69. The van der Waals surface area contributed by atoms with Crippen molar-refractivity contribution in [3.63, 3.8) is 0 Å². The predicted molar refractivity (Wildman–Crippen MR) is 58.8 cm³/mol. The molecule has 1 heterocycles. The second-order valence-electron chi connectivity index (χ2n) is 5.95. The third-order valence-electron chi connectivity index (χ3n) is 5.02. The molecule has 2 aliphatic carbocycles. The standard InChI is InChI=1S/C13H20O3/c1-8(2)13(11(14)15-3)12(16-13)7-9-4-5-10(12)6-9/h8-10H,4-7H2,1-3H3. The van der Waals surface area contributed by atoms with E-state index < -0.39 is 5.60 Å². The molecule has 0 aromatic rings. The second-order valence-corrected chi connectivity index (χ2v) is 5.95. The van der Waals surface area contributed by atoms with Gasteiger partial charge in [-0.1, -0.05) is 13.8 Å². The van der Waals surface area contributed by atoms with Crippen molar-refractivity contribution in [2.45, 2.75) is 50.7 Å². The van der Waals surface area contributed by atoms with Crippen LogP contribution < -0.4 is 0 Å². The van der Waals surface area contributed by atoms with E-state index in [1.165, 1.54) is 26.4 Å². The molecular formula is C13H20O3. The molecule has 3 rings (SSSR count). The zero-order valence-corrected chi connectivity index (χ0v) is 10.3. The molecule has 2 saturated carbocycles. The van der Waals surface area contributed by atoms with Crippen LogP contribution in [0.3, 0.4) is 0 Å². The Morgan fingerprint density at radius 3 is 2.62 bits per heavy atom. The van der Waals surface area contributed by atoms with Crippen molar-refractivity contribution < 1.29 is 14.3 Å². The molecule has 3 heteroatoms. The first-order chi connectivity index (χ1) is 7.57. The molecule has 0 N–H and O–H groups in total. The van der Waals surface area contributed by atoms with Crippen molar-refractivity contribution in [2.24, 2.45) is 17.8 Å². The molecule has 2 bridgehead atoms. The first kappa shape index (κ1) is 10.6. The summed E-state index contributed by atoms with van der Waals surface area (Å²) in [5, 5.41) is 0. The second kappa shape index (κ2) is 3.00. The van der Waals surface area contributed by atoms with Gasteiger partial charge in [-0.15, -0.1) is 0 Å². The number of methoxy groups -OCH3 is 1. The lowest BCUT2D eigenvalue weighted by molar-refractivity contribution is -0.148. The highest BCUT2D eigenvalue weighted by molar-refractivity contribution is 5.85. The number of carbonyl (C=O) groups is 1. The fourth-order valence-electron chi connectivity index (χ4n) is 4.33. The number of fused-ring (bicyclic) bond motifs is 3. The van der Waals surface area contributed by atoms with Gasteiger partial charge >= 0.3 is 5.97 Å². The molecule has 0 aromatic heterocycles. The number of hydrogen-bond acceptors (Lipinski definition) is 3. The van der Waals surface area contributed by atoms with Crippen LogP contribution >= 0.6 is 0 Å². The molecule has 0 aromatic carbocycles. The van der Waals surface area contributed by atoms with Crippen molar-refractivity contribution in [3.8, 4) is 0 Å². The van der Waals surface area contributed by atoms with Gasteiger partial charge in [0, 0.05) is 0 Å². The lowest BCUT2D eigenvalue weighted by Gasteiger charge is -2.24. The molecular weight excluding hydrogens is 204 g/mol. The molecule has 3 nitrogen and oxygen atoms in total. The third kappa shape index (κ3) is 0.963. The van der Waals surface area contributed by atoms with Crippen molar-refractivity contribution in [1.29, 1.82) is 0 Å². The van der Waals surface area contributed by atoms with Crippen LogP contribution in [0.4, 0.5) is 0 Å². The largest absolute Gasteiger partial charge is 0.467 e. The zero-order valence-electron chi connectivity index (χ0n) is 10.3. The van der Waals surface area contributed by atoms with Gasteiger partial charge in [-0.25, -0.2) is 4.79 Å². The van der Waals surface area contributed by atoms with Crippen LogP contribution in [0, 0.1) is 17.8 Å². The Morgan fingerprint density at radius 2 is 2.19 bits per heavy atom. The Balaban J connectivity index is 1.93. The molecule has 16 heavy (non-hydrogen) atoms. The summed E-state index contributed by atoms with van der Waals surface area (Å²) in [5.41, 5.74) is -0.779. The molecule has 3 fully saturated rings. The summed E-state index contributed by atoms with van der Waals surface area (Å²) in [4.78, 5) is 12.0. The maximum absolute atomic E-state index is 12.0. The summed E-state index contributed by atoms with van der Waals surface area (Å²) >= 11 is 0. The van der Waals surface area contributed by atoms with E-state index in [-0.39, 0.29) is 17.5 Å². The predicted octanol–water partition coefficient (Wildman–Crippen LogP) is 2.14. The molecule has 1 saturated heterocycles. The summed E-state index contributed by atoms with van der Waals surface area (Å²) in [6.07, 6.45) is 4.89. The number of rotatable bonds is 2. The van der Waals surface area contributed by atoms with Gasteiger partial charge in [0.25, 0.3) is 0 Å². The summed E-state index contributed by atoms with van der Waals surface area (Å²) in [5.74, 6) is 1.43. The Labute approximate surface area is 96.5 Å². The van der Waals surface area contributed by atoms with E-state index in [2.05, 4.69) is 13.8 Å². The Kier molecular flexibility index (Phi) is 1.99. The number of hydrogen-bond donors (Lipinski definition) is 0. The van der Waals surface area contributed by atoms with Crippen molar-refractivity contribution in [1.82, 2.24) is 0 Å². The first-order valence-corrected chi connectivity index (χ1v) is 6.35. The van der Waals surface area contributed by atoms with E-state index in [1.807, 2.05) is 0 Å². The molecule has 1 spiro atoms. The minimum Gasteiger partial charge on any atom is -0.467 e. The quantitative estimate of drug-likeness (QED) is 0.533. The van der Waals surface area contributed by atoms with E-state index >= 15 is 0 Å². The summed E-state index contributed by atoms with van der Waals surface area (Å²) in [7, 11) is 1.47. The summed E-state index contributed by atoms with van der Waals surface area (Å²) in [6.45, 7) is 4.13. The van der Waals surface area contributed by atoms with Crippen molar-refractivity contribution in [2.75, 3.05) is 7.11 Å². The smallest absolute Gasteiger partial charge is 0.341 e. The minimum atomic E-state index is -0.623. The van der Waals surface area contributed by atoms with Gasteiger partial charge in [0.2, 0.25) is 0 Å². The lowest BCUT2D eigenvalue weighted by atomic mass is 9.74. The summed E-state index contributed by atoms with van der Waals surface area (Å²) < 4.78 is 11.0. The number of epoxide rings is 1. The first-order valence-electron chi connectivity index (χ1n) is 6.35. The monoisotopic (exact) mass is 224 g/mol. The van der Waals surface area contributed by atoms with Crippen LogP contribution in [0.25, 0.3) is 0 Å². The molecule has 0 amide bonds. The number of esters is 1.